The first-order valence-corrected chi connectivity index (χ1v) is 10.3. The third-order valence-corrected chi connectivity index (χ3v) is 8.98. The first kappa shape index (κ1) is 19.2. The van der Waals surface area contributed by atoms with Crippen LogP contribution in [0.1, 0.15) is 80.1 Å². The standard InChI is InChI=1S/C22H38O3/c1-14-7-8-18-21(5,16(14)13-25-15(2)23)11-9-17-20(3,4)19(24)10-12-22(17,18)6/h14,16-19,24H,7-13H2,1-6H3/t14-,16+,17+,18+,19+,21+,22+/m1/s1. The van der Waals surface area contributed by atoms with Gasteiger partial charge in [0, 0.05) is 12.8 Å². The van der Waals surface area contributed by atoms with Gasteiger partial charge in [0.25, 0.3) is 0 Å². The van der Waals surface area contributed by atoms with Crippen molar-refractivity contribution in [2.75, 3.05) is 6.61 Å². The zero-order valence-electron chi connectivity index (χ0n) is 17.1. The highest BCUT2D eigenvalue weighted by Gasteiger charge is 2.63. The summed E-state index contributed by atoms with van der Waals surface area (Å²) in [4.78, 5) is 11.4. The summed E-state index contributed by atoms with van der Waals surface area (Å²) in [5, 5.41) is 10.6. The van der Waals surface area contributed by atoms with Gasteiger partial charge < -0.3 is 9.84 Å². The van der Waals surface area contributed by atoms with Crippen molar-refractivity contribution in [1.82, 2.24) is 0 Å². The molecule has 0 aliphatic heterocycles. The number of ether oxygens (including phenoxy) is 1. The van der Waals surface area contributed by atoms with E-state index in [1.54, 1.807) is 0 Å². The number of rotatable bonds is 2. The van der Waals surface area contributed by atoms with Gasteiger partial charge >= 0.3 is 5.97 Å². The molecule has 1 N–H and O–H groups in total. The zero-order chi connectivity index (χ0) is 18.6. The van der Waals surface area contributed by atoms with Crippen LogP contribution >= 0.6 is 0 Å². The molecule has 3 aliphatic rings. The number of esters is 1. The summed E-state index contributed by atoms with van der Waals surface area (Å²) in [5.74, 6) is 2.18. The van der Waals surface area contributed by atoms with Gasteiger partial charge in [0.1, 0.15) is 0 Å². The first-order valence-electron chi connectivity index (χ1n) is 10.3. The minimum absolute atomic E-state index is 0.00275. The molecular formula is C22H38O3. The maximum Gasteiger partial charge on any atom is 0.302 e. The largest absolute Gasteiger partial charge is 0.466 e. The molecule has 0 bridgehead atoms. The topological polar surface area (TPSA) is 46.5 Å². The van der Waals surface area contributed by atoms with E-state index < -0.39 is 0 Å². The fourth-order valence-corrected chi connectivity index (χ4v) is 7.52. The Hall–Kier alpha value is -0.570. The minimum Gasteiger partial charge on any atom is -0.466 e. The molecule has 0 saturated heterocycles. The second-order valence-electron chi connectivity index (χ2n) is 10.5. The van der Waals surface area contributed by atoms with Crippen molar-refractivity contribution in [1.29, 1.82) is 0 Å². The second-order valence-corrected chi connectivity index (χ2v) is 10.5. The van der Waals surface area contributed by atoms with Crippen LogP contribution in [0.25, 0.3) is 0 Å². The minimum atomic E-state index is -0.172. The molecular weight excluding hydrogens is 312 g/mol. The SMILES string of the molecule is CC(=O)OC[C@H]1[C@H](C)CC[C@H]2[C@@]1(C)CC[C@H]1C(C)(C)[C@@H](O)CC[C@]21C. The van der Waals surface area contributed by atoms with Gasteiger partial charge in [-0.25, -0.2) is 0 Å². The number of fused-ring (bicyclic) bond motifs is 3. The quantitative estimate of drug-likeness (QED) is 0.727. The van der Waals surface area contributed by atoms with E-state index in [0.29, 0.717) is 35.7 Å². The smallest absolute Gasteiger partial charge is 0.302 e. The van der Waals surface area contributed by atoms with Crippen LogP contribution in [0.5, 0.6) is 0 Å². The molecule has 3 heteroatoms. The second kappa shape index (κ2) is 6.25. The summed E-state index contributed by atoms with van der Waals surface area (Å²) in [7, 11) is 0. The maximum atomic E-state index is 11.4. The number of hydrogen-bond donors (Lipinski definition) is 1. The third-order valence-electron chi connectivity index (χ3n) is 8.98. The molecule has 0 amide bonds. The summed E-state index contributed by atoms with van der Waals surface area (Å²) in [6.07, 6.45) is 6.80. The van der Waals surface area contributed by atoms with E-state index >= 15 is 0 Å². The number of hydrogen-bond acceptors (Lipinski definition) is 3. The molecule has 3 saturated carbocycles. The average Bonchev–Trinajstić information content (AvgIpc) is 2.50. The van der Waals surface area contributed by atoms with Crippen LogP contribution in [0.2, 0.25) is 0 Å². The predicted molar refractivity (Wildman–Crippen MR) is 100.0 cm³/mol. The van der Waals surface area contributed by atoms with E-state index in [0.717, 1.165) is 12.8 Å². The van der Waals surface area contributed by atoms with E-state index in [9.17, 15) is 9.90 Å². The lowest BCUT2D eigenvalue weighted by Crippen LogP contribution is -2.62. The van der Waals surface area contributed by atoms with Gasteiger partial charge in [-0.05, 0) is 72.5 Å². The molecule has 144 valence electrons. The Morgan fingerprint density at radius 2 is 1.64 bits per heavy atom. The summed E-state index contributed by atoms with van der Waals surface area (Å²) in [5.41, 5.74) is 0.545. The Bertz CT molecular complexity index is 527. The summed E-state index contributed by atoms with van der Waals surface area (Å²) < 4.78 is 5.51. The number of aliphatic hydroxyl groups is 1. The highest BCUT2D eigenvalue weighted by molar-refractivity contribution is 5.65. The van der Waals surface area contributed by atoms with E-state index in [2.05, 4.69) is 34.6 Å². The van der Waals surface area contributed by atoms with Crippen molar-refractivity contribution in [3.63, 3.8) is 0 Å². The third kappa shape index (κ3) is 2.85. The Kier molecular flexibility index (Phi) is 4.80. The van der Waals surface area contributed by atoms with E-state index in [-0.39, 0.29) is 22.9 Å². The van der Waals surface area contributed by atoms with Crippen LogP contribution < -0.4 is 0 Å². The lowest BCUT2D eigenvalue weighted by atomic mass is 9.38. The monoisotopic (exact) mass is 350 g/mol. The van der Waals surface area contributed by atoms with Crippen molar-refractivity contribution in [2.24, 2.45) is 39.9 Å². The van der Waals surface area contributed by atoms with Crippen molar-refractivity contribution in [2.45, 2.75) is 86.2 Å². The fraction of sp³-hybridized carbons (Fsp3) is 0.955. The average molecular weight is 351 g/mol. The van der Waals surface area contributed by atoms with Crippen LogP contribution in [0.4, 0.5) is 0 Å². The van der Waals surface area contributed by atoms with Crippen molar-refractivity contribution < 1.29 is 14.6 Å². The van der Waals surface area contributed by atoms with Crippen molar-refractivity contribution >= 4 is 5.97 Å². The Labute approximate surface area is 153 Å². The number of carbonyl (C=O) groups is 1. The van der Waals surface area contributed by atoms with Crippen molar-refractivity contribution in [3.05, 3.63) is 0 Å². The summed E-state index contributed by atoms with van der Waals surface area (Å²) >= 11 is 0. The van der Waals surface area contributed by atoms with E-state index in [1.165, 1.54) is 32.6 Å². The number of aliphatic hydroxyl groups excluding tert-OH is 1. The predicted octanol–water partition coefficient (Wildman–Crippen LogP) is 4.82. The lowest BCUT2D eigenvalue weighted by molar-refractivity contribution is -0.205. The van der Waals surface area contributed by atoms with Crippen LogP contribution in [0, 0.1) is 39.9 Å². The number of carbonyl (C=O) groups excluding carboxylic acids is 1. The van der Waals surface area contributed by atoms with Crippen LogP contribution in [0.3, 0.4) is 0 Å². The lowest BCUT2D eigenvalue weighted by Gasteiger charge is -2.67. The molecule has 0 spiro atoms. The molecule has 3 nitrogen and oxygen atoms in total. The maximum absolute atomic E-state index is 11.4. The molecule has 7 atom stereocenters. The molecule has 0 radical (unpaired) electrons. The molecule has 3 rings (SSSR count). The Balaban J connectivity index is 1.93. The Morgan fingerprint density at radius 3 is 2.28 bits per heavy atom. The van der Waals surface area contributed by atoms with Gasteiger partial charge in [-0.1, -0.05) is 34.6 Å². The zero-order valence-corrected chi connectivity index (χ0v) is 17.1. The highest BCUT2D eigenvalue weighted by Crippen LogP contribution is 2.69. The Morgan fingerprint density at radius 1 is 1.00 bits per heavy atom. The normalized spacial score (nSPS) is 49.0. The molecule has 0 unspecified atom stereocenters. The first-order chi connectivity index (χ1) is 11.5. The van der Waals surface area contributed by atoms with Gasteiger partial charge in [0.2, 0.25) is 0 Å². The van der Waals surface area contributed by atoms with E-state index in [4.69, 9.17) is 4.74 Å². The molecule has 0 aromatic carbocycles. The van der Waals surface area contributed by atoms with Crippen molar-refractivity contribution in [3.8, 4) is 0 Å². The molecule has 0 aromatic heterocycles. The fourth-order valence-electron chi connectivity index (χ4n) is 7.52. The molecule has 25 heavy (non-hydrogen) atoms. The molecule has 0 aromatic rings. The van der Waals surface area contributed by atoms with Gasteiger partial charge in [-0.2, -0.15) is 0 Å². The van der Waals surface area contributed by atoms with Crippen LogP contribution in [0.15, 0.2) is 0 Å². The van der Waals surface area contributed by atoms with Crippen LogP contribution in [-0.2, 0) is 9.53 Å². The summed E-state index contributed by atoms with van der Waals surface area (Å²) in [6, 6.07) is 0. The van der Waals surface area contributed by atoms with E-state index in [1.807, 2.05) is 0 Å². The van der Waals surface area contributed by atoms with Gasteiger partial charge in [-0.15, -0.1) is 0 Å². The molecule has 3 aliphatic carbocycles. The van der Waals surface area contributed by atoms with Gasteiger partial charge in [-0.3, -0.25) is 4.79 Å². The molecule has 0 heterocycles. The van der Waals surface area contributed by atoms with Gasteiger partial charge in [0.15, 0.2) is 0 Å². The summed E-state index contributed by atoms with van der Waals surface area (Å²) in [6.45, 7) is 14.0. The highest BCUT2D eigenvalue weighted by atomic mass is 16.5. The molecule has 3 fully saturated rings. The van der Waals surface area contributed by atoms with Gasteiger partial charge in [0.05, 0.1) is 12.7 Å². The van der Waals surface area contributed by atoms with Crippen LogP contribution in [-0.4, -0.2) is 23.8 Å².